The lowest BCUT2D eigenvalue weighted by Crippen LogP contribution is -2.43. The van der Waals surface area contributed by atoms with Crippen LogP contribution in [0.25, 0.3) is 0 Å². The molecular formula is C30H34N2O6. The smallest absolute Gasteiger partial charge is 0.254 e. The van der Waals surface area contributed by atoms with Crippen LogP contribution in [0.15, 0.2) is 59.0 Å². The number of amides is 2. The fourth-order valence-corrected chi connectivity index (χ4v) is 4.44. The van der Waals surface area contributed by atoms with Crippen molar-refractivity contribution in [3.63, 3.8) is 0 Å². The van der Waals surface area contributed by atoms with E-state index in [-0.39, 0.29) is 31.2 Å². The number of carbonyl (C=O) groups excluding carboxylic acids is 2. The summed E-state index contributed by atoms with van der Waals surface area (Å²) >= 11 is 0. The number of ether oxygens (including phenoxy) is 3. The van der Waals surface area contributed by atoms with Crippen molar-refractivity contribution in [3.8, 4) is 17.2 Å². The predicted molar refractivity (Wildman–Crippen MR) is 141 cm³/mol. The third-order valence-electron chi connectivity index (χ3n) is 6.73. The first-order valence-corrected chi connectivity index (χ1v) is 13.3. The lowest BCUT2D eigenvalue weighted by Gasteiger charge is -2.27. The topological polar surface area (TPSA) is 81.5 Å². The molecule has 2 aliphatic rings. The summed E-state index contributed by atoms with van der Waals surface area (Å²) in [4.78, 5) is 30.6. The van der Waals surface area contributed by atoms with Gasteiger partial charge in [0.15, 0.2) is 11.5 Å². The van der Waals surface area contributed by atoms with Gasteiger partial charge >= 0.3 is 0 Å². The summed E-state index contributed by atoms with van der Waals surface area (Å²) in [5.41, 5.74) is 1.46. The number of unbranched alkanes of at least 4 members (excludes halogenated alkanes) is 1. The van der Waals surface area contributed by atoms with Crippen molar-refractivity contribution in [3.05, 3.63) is 77.2 Å². The van der Waals surface area contributed by atoms with Gasteiger partial charge in [0.25, 0.3) is 5.91 Å². The van der Waals surface area contributed by atoms with E-state index >= 15 is 0 Å². The Kier molecular flexibility index (Phi) is 7.86. The van der Waals surface area contributed by atoms with Gasteiger partial charge in [0.2, 0.25) is 12.7 Å². The van der Waals surface area contributed by atoms with Gasteiger partial charge in [-0.15, -0.1) is 0 Å². The van der Waals surface area contributed by atoms with Crippen molar-refractivity contribution in [1.29, 1.82) is 0 Å². The lowest BCUT2D eigenvalue weighted by atomic mass is 10.1. The van der Waals surface area contributed by atoms with Gasteiger partial charge < -0.3 is 28.4 Å². The monoisotopic (exact) mass is 518 g/mol. The van der Waals surface area contributed by atoms with Crippen LogP contribution in [0.5, 0.6) is 17.2 Å². The lowest BCUT2D eigenvalue weighted by molar-refractivity contribution is -0.133. The van der Waals surface area contributed by atoms with Crippen molar-refractivity contribution in [1.82, 2.24) is 9.80 Å². The molecule has 2 heterocycles. The van der Waals surface area contributed by atoms with Gasteiger partial charge in [0.1, 0.15) is 23.8 Å². The van der Waals surface area contributed by atoms with Gasteiger partial charge in [-0.1, -0.05) is 19.4 Å². The number of nitrogens with zero attached hydrogens (tertiary/aromatic N) is 2. The number of aryl methyl sites for hydroxylation is 1. The van der Waals surface area contributed by atoms with Gasteiger partial charge in [-0.3, -0.25) is 9.59 Å². The van der Waals surface area contributed by atoms with E-state index in [0.29, 0.717) is 42.5 Å². The van der Waals surface area contributed by atoms with Crippen molar-refractivity contribution >= 4 is 11.8 Å². The van der Waals surface area contributed by atoms with E-state index in [4.69, 9.17) is 18.6 Å². The molecule has 0 bridgehead atoms. The average Bonchev–Trinajstić information content (AvgIpc) is 3.51. The molecule has 1 fully saturated rings. The highest BCUT2D eigenvalue weighted by atomic mass is 16.7. The molecule has 8 heteroatoms. The molecule has 0 radical (unpaired) electrons. The molecular weight excluding hydrogens is 484 g/mol. The second kappa shape index (κ2) is 11.6. The second-order valence-electron chi connectivity index (χ2n) is 9.84. The van der Waals surface area contributed by atoms with Crippen molar-refractivity contribution in [2.45, 2.75) is 58.7 Å². The van der Waals surface area contributed by atoms with Gasteiger partial charge in [-0.25, -0.2) is 0 Å². The van der Waals surface area contributed by atoms with Crippen LogP contribution in [-0.2, 0) is 17.9 Å². The third kappa shape index (κ3) is 6.30. The Morgan fingerprint density at radius 3 is 2.47 bits per heavy atom. The highest BCUT2D eigenvalue weighted by Crippen LogP contribution is 2.33. The minimum atomic E-state index is -0.142. The molecule has 0 N–H and O–H groups in total. The van der Waals surface area contributed by atoms with Gasteiger partial charge in [0, 0.05) is 18.2 Å². The molecule has 0 atom stereocenters. The Labute approximate surface area is 223 Å². The summed E-state index contributed by atoms with van der Waals surface area (Å²) in [5, 5.41) is 0. The molecule has 5 rings (SSSR count). The van der Waals surface area contributed by atoms with E-state index in [9.17, 15) is 9.59 Å². The number of benzene rings is 2. The molecule has 2 aromatic carbocycles. The zero-order valence-corrected chi connectivity index (χ0v) is 22.0. The van der Waals surface area contributed by atoms with E-state index in [0.717, 1.165) is 42.8 Å². The van der Waals surface area contributed by atoms with Gasteiger partial charge in [-0.05, 0) is 80.3 Å². The molecule has 0 spiro atoms. The van der Waals surface area contributed by atoms with E-state index in [1.807, 2.05) is 49.4 Å². The van der Waals surface area contributed by atoms with Crippen molar-refractivity contribution in [2.75, 3.05) is 19.9 Å². The fraction of sp³-hybridized carbons (Fsp3) is 0.400. The summed E-state index contributed by atoms with van der Waals surface area (Å²) in [6.07, 6.45) is 3.85. The molecule has 200 valence electrons. The molecule has 1 aliphatic heterocycles. The van der Waals surface area contributed by atoms with Crippen LogP contribution in [0, 0.1) is 6.92 Å². The molecule has 0 saturated heterocycles. The standard InChI is InChI=1S/C30H34N2O6/c1-3-4-15-35-25-12-7-23(8-13-25)30(34)32(24-9-10-24)19-29(33)31(18-26-11-5-21(2)38-26)17-22-6-14-27-28(16-22)37-20-36-27/h5-8,11-14,16,24H,3-4,9-10,15,17-20H2,1-2H3. The maximum Gasteiger partial charge on any atom is 0.254 e. The number of hydrogen-bond donors (Lipinski definition) is 0. The summed E-state index contributed by atoms with van der Waals surface area (Å²) in [6, 6.07) is 16.7. The molecule has 2 amide bonds. The van der Waals surface area contributed by atoms with Crippen LogP contribution in [0.3, 0.4) is 0 Å². The molecule has 1 saturated carbocycles. The van der Waals surface area contributed by atoms with E-state index in [1.54, 1.807) is 21.9 Å². The number of hydrogen-bond acceptors (Lipinski definition) is 6. The molecule has 38 heavy (non-hydrogen) atoms. The first-order valence-electron chi connectivity index (χ1n) is 13.3. The van der Waals surface area contributed by atoms with Crippen LogP contribution >= 0.6 is 0 Å². The Morgan fingerprint density at radius 2 is 1.76 bits per heavy atom. The summed E-state index contributed by atoms with van der Waals surface area (Å²) in [5.74, 6) is 3.30. The maximum absolute atomic E-state index is 13.7. The molecule has 8 nitrogen and oxygen atoms in total. The van der Waals surface area contributed by atoms with Gasteiger partial charge in [-0.2, -0.15) is 0 Å². The first kappa shape index (κ1) is 25.7. The van der Waals surface area contributed by atoms with Crippen molar-refractivity contribution < 1.29 is 28.2 Å². The Balaban J connectivity index is 1.30. The van der Waals surface area contributed by atoms with Crippen LogP contribution < -0.4 is 14.2 Å². The van der Waals surface area contributed by atoms with E-state index in [1.165, 1.54) is 0 Å². The highest BCUT2D eigenvalue weighted by molar-refractivity contribution is 5.97. The van der Waals surface area contributed by atoms with Crippen LogP contribution in [-0.4, -0.2) is 47.6 Å². The second-order valence-corrected chi connectivity index (χ2v) is 9.84. The summed E-state index contributed by atoms with van der Waals surface area (Å²) < 4.78 is 22.4. The molecule has 0 unspecified atom stereocenters. The Bertz CT molecular complexity index is 1260. The van der Waals surface area contributed by atoms with Crippen LogP contribution in [0.2, 0.25) is 0 Å². The highest BCUT2D eigenvalue weighted by Gasteiger charge is 2.35. The van der Waals surface area contributed by atoms with E-state index in [2.05, 4.69) is 6.92 Å². The SMILES string of the molecule is CCCCOc1ccc(C(=O)N(CC(=O)N(Cc2ccc3c(c2)OCO3)Cc2ccc(C)o2)C2CC2)cc1. The number of carbonyl (C=O) groups is 2. The fourth-order valence-electron chi connectivity index (χ4n) is 4.44. The van der Waals surface area contributed by atoms with Crippen molar-refractivity contribution in [2.24, 2.45) is 0 Å². The predicted octanol–water partition coefficient (Wildman–Crippen LogP) is 5.33. The molecule has 1 aromatic heterocycles. The number of furan rings is 1. The number of fused-ring (bicyclic) bond motifs is 1. The van der Waals surface area contributed by atoms with E-state index < -0.39 is 0 Å². The zero-order valence-electron chi connectivity index (χ0n) is 22.0. The summed E-state index contributed by atoms with van der Waals surface area (Å²) in [6.45, 7) is 5.50. The third-order valence-corrected chi connectivity index (χ3v) is 6.73. The first-order chi connectivity index (χ1) is 18.5. The molecule has 3 aromatic rings. The Hall–Kier alpha value is -3.94. The molecule has 1 aliphatic carbocycles. The zero-order chi connectivity index (χ0) is 26.5. The number of rotatable bonds is 12. The minimum Gasteiger partial charge on any atom is -0.494 e. The van der Waals surface area contributed by atoms with Crippen LogP contribution in [0.1, 0.15) is 60.0 Å². The minimum absolute atomic E-state index is 0.00247. The van der Waals surface area contributed by atoms with Crippen LogP contribution in [0.4, 0.5) is 0 Å². The quantitative estimate of drug-likeness (QED) is 0.302. The Morgan fingerprint density at radius 1 is 0.974 bits per heavy atom. The van der Waals surface area contributed by atoms with Gasteiger partial charge in [0.05, 0.1) is 13.2 Å². The average molecular weight is 519 g/mol. The maximum atomic E-state index is 13.7. The normalized spacial score (nSPS) is 13.8. The largest absolute Gasteiger partial charge is 0.494 e. The summed E-state index contributed by atoms with van der Waals surface area (Å²) in [7, 11) is 0.